The minimum Gasteiger partial charge on any atom is -0.313 e. The lowest BCUT2D eigenvalue weighted by molar-refractivity contribution is 0.594. The second kappa shape index (κ2) is 5.96. The molecule has 0 amide bonds. The minimum absolute atomic E-state index is 0.242. The Morgan fingerprint density at radius 1 is 1.38 bits per heavy atom. The molecule has 0 unspecified atom stereocenters. The highest BCUT2D eigenvalue weighted by molar-refractivity contribution is 7.90. The molecule has 1 aromatic heterocycles. The van der Waals surface area contributed by atoms with Gasteiger partial charge in [-0.1, -0.05) is 6.07 Å². The third-order valence-corrected chi connectivity index (χ3v) is 3.16. The summed E-state index contributed by atoms with van der Waals surface area (Å²) in [5, 5.41) is 3.20. The first-order valence-electron chi connectivity index (χ1n) is 5.26. The quantitative estimate of drug-likeness (QED) is 0.753. The highest BCUT2D eigenvalue weighted by Crippen LogP contribution is 2.00. The van der Waals surface area contributed by atoms with Crippen molar-refractivity contribution in [2.45, 2.75) is 19.9 Å². The Hall–Kier alpha value is -0.940. The molecule has 0 fully saturated rings. The van der Waals surface area contributed by atoms with Gasteiger partial charge in [0.2, 0.25) is 0 Å². The van der Waals surface area contributed by atoms with Crippen LogP contribution in [-0.2, 0) is 16.4 Å². The maximum atomic E-state index is 10.9. The van der Waals surface area contributed by atoms with Crippen molar-refractivity contribution >= 4 is 9.84 Å². The van der Waals surface area contributed by atoms with Crippen molar-refractivity contribution < 1.29 is 8.42 Å². The molecule has 0 spiro atoms. The summed E-state index contributed by atoms with van der Waals surface area (Å²) in [7, 11) is -2.83. The van der Waals surface area contributed by atoms with E-state index in [4.69, 9.17) is 0 Å². The van der Waals surface area contributed by atoms with Crippen LogP contribution in [0.4, 0.5) is 0 Å². The molecule has 0 atom stereocenters. The van der Waals surface area contributed by atoms with E-state index < -0.39 is 9.84 Å². The molecule has 0 aliphatic heterocycles. The zero-order valence-corrected chi connectivity index (χ0v) is 10.5. The first kappa shape index (κ1) is 13.1. The van der Waals surface area contributed by atoms with Crippen molar-refractivity contribution in [3.63, 3.8) is 0 Å². The van der Waals surface area contributed by atoms with Crippen molar-refractivity contribution in [2.75, 3.05) is 18.6 Å². The average Bonchev–Trinajstić information content (AvgIpc) is 2.15. The van der Waals surface area contributed by atoms with Gasteiger partial charge in [-0.05, 0) is 31.0 Å². The zero-order valence-electron chi connectivity index (χ0n) is 9.73. The van der Waals surface area contributed by atoms with Crippen LogP contribution in [0.15, 0.2) is 18.5 Å². The summed E-state index contributed by atoms with van der Waals surface area (Å²) in [6.45, 7) is 3.44. The fourth-order valence-electron chi connectivity index (χ4n) is 1.41. The smallest absolute Gasteiger partial charge is 0.147 e. The van der Waals surface area contributed by atoms with Gasteiger partial charge in [-0.2, -0.15) is 0 Å². The van der Waals surface area contributed by atoms with E-state index >= 15 is 0 Å². The Balaban J connectivity index is 2.21. The molecule has 0 saturated heterocycles. The summed E-state index contributed by atoms with van der Waals surface area (Å²) < 4.78 is 21.7. The van der Waals surface area contributed by atoms with E-state index in [1.807, 2.05) is 19.3 Å². The summed E-state index contributed by atoms with van der Waals surface area (Å²) >= 11 is 0. The Morgan fingerprint density at radius 2 is 2.12 bits per heavy atom. The second-order valence-corrected chi connectivity index (χ2v) is 6.29. The van der Waals surface area contributed by atoms with Crippen LogP contribution in [-0.4, -0.2) is 32.0 Å². The highest BCUT2D eigenvalue weighted by Gasteiger charge is 2.00. The van der Waals surface area contributed by atoms with Gasteiger partial charge in [0.25, 0.3) is 0 Å². The first-order valence-corrected chi connectivity index (χ1v) is 7.32. The van der Waals surface area contributed by atoms with Crippen LogP contribution in [0, 0.1) is 6.92 Å². The molecule has 0 bridgehead atoms. The molecule has 5 heteroatoms. The fraction of sp³-hybridized carbons (Fsp3) is 0.545. The van der Waals surface area contributed by atoms with E-state index in [1.54, 1.807) is 0 Å². The number of hydrogen-bond acceptors (Lipinski definition) is 4. The van der Waals surface area contributed by atoms with Crippen LogP contribution in [0.1, 0.15) is 17.5 Å². The number of aryl methyl sites for hydroxylation is 1. The number of rotatable bonds is 6. The number of pyridine rings is 1. The van der Waals surface area contributed by atoms with Gasteiger partial charge in [-0.15, -0.1) is 0 Å². The average molecular weight is 242 g/mol. The number of aromatic nitrogens is 1. The van der Waals surface area contributed by atoms with Crippen molar-refractivity contribution in [1.29, 1.82) is 0 Å². The molecule has 4 nitrogen and oxygen atoms in total. The maximum absolute atomic E-state index is 10.9. The maximum Gasteiger partial charge on any atom is 0.147 e. The summed E-state index contributed by atoms with van der Waals surface area (Å²) in [6.07, 6.45) is 5.54. The standard InChI is InChI=1S/C11H18N2O2S/c1-10-6-11(9-13-7-10)8-12-4-3-5-16(2,14)15/h6-7,9,12H,3-5,8H2,1-2H3. The molecular formula is C11H18N2O2S. The molecule has 1 N–H and O–H groups in total. The van der Waals surface area contributed by atoms with E-state index in [0.717, 1.165) is 17.7 Å². The molecule has 0 saturated carbocycles. The van der Waals surface area contributed by atoms with Gasteiger partial charge in [0.05, 0.1) is 5.75 Å². The normalized spacial score (nSPS) is 11.6. The molecule has 0 aliphatic rings. The molecular weight excluding hydrogens is 224 g/mol. The lowest BCUT2D eigenvalue weighted by atomic mass is 10.2. The van der Waals surface area contributed by atoms with Gasteiger partial charge in [-0.25, -0.2) is 8.42 Å². The van der Waals surface area contributed by atoms with E-state index in [1.165, 1.54) is 6.26 Å². The van der Waals surface area contributed by atoms with E-state index in [9.17, 15) is 8.42 Å². The van der Waals surface area contributed by atoms with Crippen LogP contribution >= 0.6 is 0 Å². The molecule has 16 heavy (non-hydrogen) atoms. The number of nitrogens with zero attached hydrogens (tertiary/aromatic N) is 1. The van der Waals surface area contributed by atoms with Gasteiger partial charge in [0.1, 0.15) is 9.84 Å². The molecule has 0 aromatic carbocycles. The topological polar surface area (TPSA) is 59.1 Å². The summed E-state index contributed by atoms with van der Waals surface area (Å²) in [6, 6.07) is 2.07. The third kappa shape index (κ3) is 5.82. The molecule has 1 rings (SSSR count). The van der Waals surface area contributed by atoms with Crippen LogP contribution < -0.4 is 5.32 Å². The van der Waals surface area contributed by atoms with Gasteiger partial charge >= 0.3 is 0 Å². The summed E-state index contributed by atoms with van der Waals surface area (Å²) in [5.41, 5.74) is 2.26. The molecule has 0 radical (unpaired) electrons. The summed E-state index contributed by atoms with van der Waals surface area (Å²) in [4.78, 5) is 4.09. The van der Waals surface area contributed by atoms with Gasteiger partial charge in [0, 0.05) is 25.2 Å². The molecule has 1 aromatic rings. The van der Waals surface area contributed by atoms with Gasteiger partial charge < -0.3 is 5.32 Å². The van der Waals surface area contributed by atoms with E-state index in [2.05, 4.69) is 16.4 Å². The lowest BCUT2D eigenvalue weighted by Crippen LogP contribution is -2.18. The molecule has 90 valence electrons. The van der Waals surface area contributed by atoms with E-state index in [-0.39, 0.29) is 5.75 Å². The Kier molecular flexibility index (Phi) is 4.89. The van der Waals surface area contributed by atoms with Gasteiger partial charge in [0.15, 0.2) is 0 Å². The second-order valence-electron chi connectivity index (χ2n) is 4.03. The van der Waals surface area contributed by atoms with Crippen LogP contribution in [0.2, 0.25) is 0 Å². The SMILES string of the molecule is Cc1cncc(CNCCCS(C)(=O)=O)c1. The number of hydrogen-bond donors (Lipinski definition) is 1. The minimum atomic E-state index is -2.83. The van der Waals surface area contributed by atoms with Crippen molar-refractivity contribution in [1.82, 2.24) is 10.3 Å². The van der Waals surface area contributed by atoms with Crippen molar-refractivity contribution in [3.05, 3.63) is 29.6 Å². The Labute approximate surface area is 97.0 Å². The summed E-state index contributed by atoms with van der Waals surface area (Å²) in [5.74, 6) is 0.242. The first-order chi connectivity index (χ1) is 7.47. The predicted octanol–water partition coefficient (Wildman–Crippen LogP) is 0.914. The highest BCUT2D eigenvalue weighted by atomic mass is 32.2. The van der Waals surface area contributed by atoms with E-state index in [0.29, 0.717) is 13.0 Å². The van der Waals surface area contributed by atoms with Crippen molar-refractivity contribution in [2.24, 2.45) is 0 Å². The van der Waals surface area contributed by atoms with Crippen LogP contribution in [0.25, 0.3) is 0 Å². The molecule has 0 aliphatic carbocycles. The van der Waals surface area contributed by atoms with Crippen molar-refractivity contribution in [3.8, 4) is 0 Å². The predicted molar refractivity (Wildman–Crippen MR) is 65.0 cm³/mol. The Bertz CT molecular complexity index is 429. The third-order valence-electron chi connectivity index (χ3n) is 2.13. The Morgan fingerprint density at radius 3 is 2.75 bits per heavy atom. The van der Waals surface area contributed by atoms with Gasteiger partial charge in [-0.3, -0.25) is 4.98 Å². The number of sulfone groups is 1. The fourth-order valence-corrected chi connectivity index (χ4v) is 2.08. The van der Waals surface area contributed by atoms with Crippen LogP contribution in [0.5, 0.6) is 0 Å². The monoisotopic (exact) mass is 242 g/mol. The largest absolute Gasteiger partial charge is 0.313 e. The number of nitrogens with one attached hydrogen (secondary N) is 1. The lowest BCUT2D eigenvalue weighted by Gasteiger charge is -2.04. The zero-order chi connectivity index (χ0) is 12.0. The van der Waals surface area contributed by atoms with Crippen LogP contribution in [0.3, 0.4) is 0 Å². The molecule has 1 heterocycles.